The molecule has 4 heteroatoms. The molecule has 1 aliphatic rings. The summed E-state index contributed by atoms with van der Waals surface area (Å²) in [5.74, 6) is 1.16. The summed E-state index contributed by atoms with van der Waals surface area (Å²) in [7, 11) is 0. The van der Waals surface area contributed by atoms with E-state index >= 15 is 0 Å². The number of rotatable bonds is 2. The molecule has 0 aromatic carbocycles. The monoisotopic (exact) mass is 196 g/mol. The zero-order valence-electron chi connectivity index (χ0n) is 7.53. The highest BCUT2D eigenvalue weighted by atomic mass is 32.1. The number of hydrogen-bond acceptors (Lipinski definition) is 3. The van der Waals surface area contributed by atoms with Crippen LogP contribution in [0.15, 0.2) is 11.8 Å². The third kappa shape index (κ3) is 2.25. The molecule has 1 atom stereocenters. The number of allylic oxidation sites excluding steroid dienone is 2. The molecule has 0 aromatic rings. The van der Waals surface area contributed by atoms with Gasteiger partial charge in [0.1, 0.15) is 0 Å². The Morgan fingerprint density at radius 1 is 1.92 bits per heavy atom. The summed E-state index contributed by atoms with van der Waals surface area (Å²) in [6.07, 6.45) is 1.96. The first-order valence-electron chi connectivity index (χ1n) is 4.16. The smallest absolute Gasteiger partial charge is 0.227 e. The summed E-state index contributed by atoms with van der Waals surface area (Å²) < 4.78 is 0. The standard InChI is InChI=1S/C9H12N2OS/c1-7(2-3-10)11-5-8(6-13)4-9(11)12/h2,8,13H,4-6H2,1H3. The van der Waals surface area contributed by atoms with E-state index in [0.29, 0.717) is 18.9 Å². The van der Waals surface area contributed by atoms with Crippen molar-refractivity contribution in [1.29, 1.82) is 5.26 Å². The second-order valence-electron chi connectivity index (χ2n) is 3.17. The fraction of sp³-hybridized carbons (Fsp3) is 0.556. The average Bonchev–Trinajstić information content (AvgIpc) is 2.47. The maximum absolute atomic E-state index is 11.4. The van der Waals surface area contributed by atoms with E-state index in [-0.39, 0.29) is 5.91 Å². The number of carbonyl (C=O) groups excluding carboxylic acids is 1. The summed E-state index contributed by atoms with van der Waals surface area (Å²) in [5.41, 5.74) is 0.733. The van der Waals surface area contributed by atoms with Crippen LogP contribution in [0, 0.1) is 17.2 Å². The molecule has 0 bridgehead atoms. The van der Waals surface area contributed by atoms with E-state index in [2.05, 4.69) is 12.6 Å². The molecule has 1 saturated heterocycles. The zero-order chi connectivity index (χ0) is 9.84. The second kappa shape index (κ2) is 4.33. The molecule has 3 nitrogen and oxygen atoms in total. The van der Waals surface area contributed by atoms with Gasteiger partial charge in [-0.1, -0.05) is 0 Å². The number of likely N-dealkylation sites (tertiary alicyclic amines) is 1. The molecule has 0 saturated carbocycles. The van der Waals surface area contributed by atoms with Crippen LogP contribution in [0.4, 0.5) is 0 Å². The lowest BCUT2D eigenvalue weighted by molar-refractivity contribution is -0.126. The van der Waals surface area contributed by atoms with Gasteiger partial charge < -0.3 is 4.90 Å². The van der Waals surface area contributed by atoms with Crippen molar-refractivity contribution in [1.82, 2.24) is 4.90 Å². The topological polar surface area (TPSA) is 44.1 Å². The molecular weight excluding hydrogens is 184 g/mol. The minimum Gasteiger partial charge on any atom is -0.315 e. The fourth-order valence-electron chi connectivity index (χ4n) is 1.42. The van der Waals surface area contributed by atoms with Crippen LogP contribution >= 0.6 is 12.6 Å². The summed E-state index contributed by atoms with van der Waals surface area (Å²) in [4.78, 5) is 13.1. The van der Waals surface area contributed by atoms with Gasteiger partial charge in [-0.2, -0.15) is 17.9 Å². The van der Waals surface area contributed by atoms with E-state index in [1.54, 1.807) is 11.8 Å². The molecule has 13 heavy (non-hydrogen) atoms. The molecule has 0 aliphatic carbocycles. The lowest BCUT2D eigenvalue weighted by Gasteiger charge is -2.15. The number of nitriles is 1. The predicted octanol–water partition coefficient (Wildman–Crippen LogP) is 1.19. The SMILES string of the molecule is CC(=CC#N)N1CC(CS)CC1=O. The lowest BCUT2D eigenvalue weighted by Crippen LogP contribution is -2.23. The van der Waals surface area contributed by atoms with Gasteiger partial charge in [-0.05, 0) is 18.6 Å². The molecule has 1 aliphatic heterocycles. The van der Waals surface area contributed by atoms with Crippen LogP contribution in [-0.2, 0) is 4.79 Å². The Balaban J connectivity index is 2.69. The minimum atomic E-state index is 0.100. The first-order valence-corrected chi connectivity index (χ1v) is 4.80. The summed E-state index contributed by atoms with van der Waals surface area (Å²) in [5, 5.41) is 8.43. The summed E-state index contributed by atoms with van der Waals surface area (Å²) in [6, 6.07) is 1.92. The highest BCUT2D eigenvalue weighted by Gasteiger charge is 2.29. The molecule has 0 radical (unpaired) electrons. The Hall–Kier alpha value is -0.950. The van der Waals surface area contributed by atoms with Crippen LogP contribution in [0.1, 0.15) is 13.3 Å². The van der Waals surface area contributed by atoms with E-state index in [4.69, 9.17) is 5.26 Å². The number of amides is 1. The van der Waals surface area contributed by atoms with Gasteiger partial charge in [0, 0.05) is 24.7 Å². The maximum atomic E-state index is 11.4. The molecule has 70 valence electrons. The van der Waals surface area contributed by atoms with Crippen molar-refractivity contribution in [2.45, 2.75) is 13.3 Å². The van der Waals surface area contributed by atoms with Crippen molar-refractivity contribution >= 4 is 18.5 Å². The van der Waals surface area contributed by atoms with Crippen molar-refractivity contribution in [3.8, 4) is 6.07 Å². The van der Waals surface area contributed by atoms with E-state index in [0.717, 1.165) is 11.4 Å². The van der Waals surface area contributed by atoms with Gasteiger partial charge in [-0.25, -0.2) is 0 Å². The van der Waals surface area contributed by atoms with Crippen molar-refractivity contribution in [3.05, 3.63) is 11.8 Å². The quantitative estimate of drug-likeness (QED) is 0.532. The second-order valence-corrected chi connectivity index (χ2v) is 3.54. The third-order valence-electron chi connectivity index (χ3n) is 2.16. The van der Waals surface area contributed by atoms with Gasteiger partial charge in [0.05, 0.1) is 6.07 Å². The Bertz CT molecular complexity index is 280. The van der Waals surface area contributed by atoms with Crippen LogP contribution < -0.4 is 0 Å². The van der Waals surface area contributed by atoms with Crippen molar-refractivity contribution in [3.63, 3.8) is 0 Å². The number of hydrogen-bond donors (Lipinski definition) is 1. The predicted molar refractivity (Wildman–Crippen MR) is 53.0 cm³/mol. The van der Waals surface area contributed by atoms with E-state index in [1.165, 1.54) is 6.08 Å². The molecule has 1 rings (SSSR count). The Morgan fingerprint density at radius 2 is 2.62 bits per heavy atom. The van der Waals surface area contributed by atoms with Crippen molar-refractivity contribution in [2.24, 2.45) is 5.92 Å². The van der Waals surface area contributed by atoms with E-state index in [9.17, 15) is 4.79 Å². The Morgan fingerprint density at radius 3 is 3.08 bits per heavy atom. The number of carbonyl (C=O) groups is 1. The first kappa shape index (κ1) is 10.1. The largest absolute Gasteiger partial charge is 0.315 e. The summed E-state index contributed by atoms with van der Waals surface area (Å²) >= 11 is 4.15. The molecular formula is C9H12N2OS. The van der Waals surface area contributed by atoms with E-state index < -0.39 is 0 Å². The third-order valence-corrected chi connectivity index (χ3v) is 2.68. The van der Waals surface area contributed by atoms with Crippen LogP contribution in [0.3, 0.4) is 0 Å². The first-order chi connectivity index (χ1) is 6.19. The van der Waals surface area contributed by atoms with Gasteiger partial charge in [0.25, 0.3) is 0 Å². The highest BCUT2D eigenvalue weighted by Crippen LogP contribution is 2.22. The normalized spacial score (nSPS) is 23.5. The Labute approximate surface area is 83.4 Å². The molecule has 0 spiro atoms. The highest BCUT2D eigenvalue weighted by molar-refractivity contribution is 7.80. The summed E-state index contributed by atoms with van der Waals surface area (Å²) in [6.45, 7) is 2.48. The average molecular weight is 196 g/mol. The maximum Gasteiger partial charge on any atom is 0.227 e. The van der Waals surface area contributed by atoms with Gasteiger partial charge in [-0.3, -0.25) is 4.79 Å². The fourth-order valence-corrected chi connectivity index (χ4v) is 1.66. The minimum absolute atomic E-state index is 0.100. The van der Waals surface area contributed by atoms with Crippen LogP contribution in [-0.4, -0.2) is 23.1 Å². The molecule has 0 N–H and O–H groups in total. The molecule has 1 unspecified atom stereocenters. The molecule has 1 heterocycles. The van der Waals surface area contributed by atoms with Crippen LogP contribution in [0.25, 0.3) is 0 Å². The van der Waals surface area contributed by atoms with Crippen molar-refractivity contribution in [2.75, 3.05) is 12.3 Å². The van der Waals surface area contributed by atoms with Gasteiger partial charge in [-0.15, -0.1) is 0 Å². The van der Waals surface area contributed by atoms with Gasteiger partial charge >= 0.3 is 0 Å². The lowest BCUT2D eigenvalue weighted by atomic mass is 10.1. The molecule has 1 fully saturated rings. The van der Waals surface area contributed by atoms with Crippen LogP contribution in [0.5, 0.6) is 0 Å². The van der Waals surface area contributed by atoms with Gasteiger partial charge in [0.2, 0.25) is 5.91 Å². The number of thiol groups is 1. The molecule has 0 aromatic heterocycles. The van der Waals surface area contributed by atoms with E-state index in [1.807, 2.05) is 6.07 Å². The van der Waals surface area contributed by atoms with Crippen molar-refractivity contribution < 1.29 is 4.79 Å². The van der Waals surface area contributed by atoms with Crippen LogP contribution in [0.2, 0.25) is 0 Å². The molecule has 1 amide bonds. The Kier molecular flexibility index (Phi) is 3.38. The van der Waals surface area contributed by atoms with Gasteiger partial charge in [0.15, 0.2) is 0 Å². The number of nitrogens with zero attached hydrogens (tertiary/aromatic N) is 2. The zero-order valence-corrected chi connectivity index (χ0v) is 8.42.